The van der Waals surface area contributed by atoms with Crippen LogP contribution in [0.3, 0.4) is 0 Å². The Morgan fingerprint density at radius 3 is 2.96 bits per heavy atom. The zero-order valence-electron chi connectivity index (χ0n) is 14.8. The molecule has 3 heterocycles. The molecule has 0 saturated carbocycles. The molecule has 11 nitrogen and oxygen atoms in total. The number of nitrogens with zero attached hydrogens (tertiary/aromatic N) is 8. The van der Waals surface area contributed by atoms with Crippen LogP contribution in [0.1, 0.15) is 35.0 Å². The molecule has 0 aliphatic carbocycles. The van der Waals surface area contributed by atoms with E-state index in [4.69, 9.17) is 4.74 Å². The van der Waals surface area contributed by atoms with Gasteiger partial charge in [0.05, 0.1) is 23.8 Å². The van der Waals surface area contributed by atoms with Crippen LogP contribution in [-0.4, -0.2) is 64.5 Å². The lowest BCUT2D eigenvalue weighted by molar-refractivity contribution is 0.0672. The van der Waals surface area contributed by atoms with Crippen molar-refractivity contribution in [1.29, 1.82) is 0 Å². The molecule has 0 fully saturated rings. The minimum absolute atomic E-state index is 0.0114. The third-order valence-electron chi connectivity index (χ3n) is 4.48. The zero-order chi connectivity index (χ0) is 19.0. The summed E-state index contributed by atoms with van der Waals surface area (Å²) in [4.78, 5) is 14.7. The Hall–Kier alpha value is -3.34. The Morgan fingerprint density at radius 2 is 2.22 bits per heavy atom. The van der Waals surface area contributed by atoms with Crippen molar-refractivity contribution < 1.29 is 14.6 Å². The van der Waals surface area contributed by atoms with Crippen molar-refractivity contribution in [2.75, 3.05) is 13.7 Å². The van der Waals surface area contributed by atoms with E-state index < -0.39 is 0 Å². The first-order chi connectivity index (χ1) is 13.1. The Balaban J connectivity index is 1.63. The van der Waals surface area contributed by atoms with Crippen molar-refractivity contribution in [3.63, 3.8) is 0 Å². The molecule has 11 heteroatoms. The zero-order valence-corrected chi connectivity index (χ0v) is 14.8. The fraction of sp³-hybridized carbons (Fsp3) is 0.375. The van der Waals surface area contributed by atoms with E-state index in [0.29, 0.717) is 31.2 Å². The van der Waals surface area contributed by atoms with E-state index in [1.807, 2.05) is 11.5 Å². The third kappa shape index (κ3) is 3.01. The summed E-state index contributed by atoms with van der Waals surface area (Å²) in [5.41, 5.74) is 0.761. The molecule has 0 bridgehead atoms. The van der Waals surface area contributed by atoms with Gasteiger partial charge in [-0.3, -0.25) is 4.79 Å². The highest BCUT2D eigenvalue weighted by Crippen LogP contribution is 2.27. The molecule has 0 unspecified atom stereocenters. The van der Waals surface area contributed by atoms with Crippen LogP contribution < -0.4 is 0 Å². The van der Waals surface area contributed by atoms with Gasteiger partial charge in [-0.1, -0.05) is 0 Å². The molecule has 2 aromatic heterocycles. The molecular weight excluding hydrogens is 352 g/mol. The standard InChI is InChI=1S/C16H18N8O3/c1-10-6-22(7-14-18-19-15(8-27-2)24(10)14)16(26)12-5-11(3-4-13(12)25)23-9-17-20-21-23/h3-5,9-10,25H,6-8H2,1-2H3/t10-/m0/s1. The summed E-state index contributed by atoms with van der Waals surface area (Å²) in [5, 5.41) is 29.5. The number of rotatable bonds is 4. The molecule has 140 valence electrons. The van der Waals surface area contributed by atoms with Gasteiger partial charge in [-0.15, -0.1) is 15.3 Å². The van der Waals surface area contributed by atoms with E-state index in [1.54, 1.807) is 24.1 Å². The monoisotopic (exact) mass is 370 g/mol. The second-order valence-electron chi connectivity index (χ2n) is 6.33. The number of ether oxygens (including phenoxy) is 1. The van der Waals surface area contributed by atoms with Crippen LogP contribution in [0.25, 0.3) is 5.69 Å². The van der Waals surface area contributed by atoms with Gasteiger partial charge in [0.25, 0.3) is 5.91 Å². The van der Waals surface area contributed by atoms with Gasteiger partial charge in [-0.05, 0) is 35.5 Å². The quantitative estimate of drug-likeness (QED) is 0.696. The predicted octanol–water partition coefficient (Wildman–Crippen LogP) is 0.323. The maximum atomic E-state index is 13.1. The second kappa shape index (κ2) is 6.76. The first-order valence-corrected chi connectivity index (χ1v) is 8.35. The number of tetrazole rings is 1. The molecule has 0 saturated heterocycles. The number of benzene rings is 1. The Labute approximate surface area is 154 Å². The summed E-state index contributed by atoms with van der Waals surface area (Å²) >= 11 is 0. The number of carbonyl (C=O) groups is 1. The van der Waals surface area contributed by atoms with Crippen LogP contribution in [0.4, 0.5) is 0 Å². The molecule has 1 aliphatic heterocycles. The van der Waals surface area contributed by atoms with Crippen LogP contribution in [0.15, 0.2) is 24.5 Å². The van der Waals surface area contributed by atoms with E-state index in [-0.39, 0.29) is 23.3 Å². The van der Waals surface area contributed by atoms with Crippen molar-refractivity contribution in [3.8, 4) is 11.4 Å². The smallest absolute Gasteiger partial charge is 0.258 e. The molecule has 0 spiro atoms. The summed E-state index contributed by atoms with van der Waals surface area (Å²) < 4.78 is 8.56. The SMILES string of the molecule is COCc1nnc2n1[C@@H](C)CN(C(=O)c1cc(-n3cnnn3)ccc1O)C2. The van der Waals surface area contributed by atoms with E-state index in [9.17, 15) is 9.90 Å². The number of hydrogen-bond donors (Lipinski definition) is 1. The van der Waals surface area contributed by atoms with Gasteiger partial charge in [0.15, 0.2) is 11.6 Å². The molecule has 1 N–H and O–H groups in total. The number of phenolic OH excluding ortho intramolecular Hbond substituents is 1. The van der Waals surface area contributed by atoms with E-state index in [2.05, 4.69) is 25.7 Å². The van der Waals surface area contributed by atoms with Gasteiger partial charge in [0.1, 0.15) is 18.7 Å². The Bertz CT molecular complexity index is 968. The summed E-state index contributed by atoms with van der Waals surface area (Å²) in [6.07, 6.45) is 1.42. The highest BCUT2D eigenvalue weighted by Gasteiger charge is 2.30. The lowest BCUT2D eigenvalue weighted by atomic mass is 10.1. The average Bonchev–Trinajstić information content (AvgIpc) is 3.32. The number of amides is 1. The van der Waals surface area contributed by atoms with Gasteiger partial charge in [0.2, 0.25) is 0 Å². The largest absolute Gasteiger partial charge is 0.507 e. The number of methoxy groups -OCH3 is 1. The fourth-order valence-electron chi connectivity index (χ4n) is 3.28. The van der Waals surface area contributed by atoms with Crippen molar-refractivity contribution in [1.82, 2.24) is 39.9 Å². The highest BCUT2D eigenvalue weighted by molar-refractivity contribution is 5.97. The summed E-state index contributed by atoms with van der Waals surface area (Å²) in [5.74, 6) is 1.02. The van der Waals surface area contributed by atoms with Gasteiger partial charge in [-0.25, -0.2) is 4.68 Å². The molecule has 27 heavy (non-hydrogen) atoms. The number of hydrogen-bond acceptors (Lipinski definition) is 8. The Morgan fingerprint density at radius 1 is 1.37 bits per heavy atom. The minimum Gasteiger partial charge on any atom is -0.507 e. The van der Waals surface area contributed by atoms with Gasteiger partial charge in [0, 0.05) is 13.7 Å². The molecule has 1 atom stereocenters. The van der Waals surface area contributed by atoms with Crippen LogP contribution in [0, 0.1) is 0 Å². The normalized spacial score (nSPS) is 16.4. The highest BCUT2D eigenvalue weighted by atomic mass is 16.5. The van der Waals surface area contributed by atoms with E-state index in [1.165, 1.54) is 17.1 Å². The van der Waals surface area contributed by atoms with Crippen molar-refractivity contribution in [2.45, 2.75) is 26.1 Å². The average molecular weight is 370 g/mol. The minimum atomic E-state index is -0.295. The van der Waals surface area contributed by atoms with Crippen LogP contribution in [0.2, 0.25) is 0 Å². The number of phenols is 1. The maximum absolute atomic E-state index is 13.1. The lowest BCUT2D eigenvalue weighted by Gasteiger charge is -2.32. The predicted molar refractivity (Wildman–Crippen MR) is 91.0 cm³/mol. The third-order valence-corrected chi connectivity index (χ3v) is 4.48. The number of carbonyl (C=O) groups excluding carboxylic acids is 1. The van der Waals surface area contributed by atoms with E-state index in [0.717, 1.165) is 5.82 Å². The second-order valence-corrected chi connectivity index (χ2v) is 6.33. The topological polar surface area (TPSA) is 124 Å². The van der Waals surface area contributed by atoms with Crippen LogP contribution in [-0.2, 0) is 17.9 Å². The van der Waals surface area contributed by atoms with Crippen molar-refractivity contribution >= 4 is 5.91 Å². The number of fused-ring (bicyclic) bond motifs is 1. The van der Waals surface area contributed by atoms with E-state index >= 15 is 0 Å². The first-order valence-electron chi connectivity index (χ1n) is 8.35. The van der Waals surface area contributed by atoms with Gasteiger partial charge in [-0.2, -0.15) is 0 Å². The molecule has 1 aromatic carbocycles. The molecule has 1 aliphatic rings. The number of aromatic nitrogens is 7. The van der Waals surface area contributed by atoms with Crippen molar-refractivity contribution in [3.05, 3.63) is 41.7 Å². The van der Waals surface area contributed by atoms with Gasteiger partial charge >= 0.3 is 0 Å². The van der Waals surface area contributed by atoms with Crippen LogP contribution >= 0.6 is 0 Å². The van der Waals surface area contributed by atoms with Crippen molar-refractivity contribution in [2.24, 2.45) is 0 Å². The molecule has 0 radical (unpaired) electrons. The molecule has 3 aromatic rings. The molecule has 4 rings (SSSR count). The first kappa shape index (κ1) is 17.1. The summed E-state index contributed by atoms with van der Waals surface area (Å²) in [6.45, 7) is 3.12. The van der Waals surface area contributed by atoms with Crippen LogP contribution in [0.5, 0.6) is 5.75 Å². The maximum Gasteiger partial charge on any atom is 0.258 e. The molecular formula is C16H18N8O3. The summed E-state index contributed by atoms with van der Waals surface area (Å²) in [7, 11) is 1.60. The molecule has 1 amide bonds. The lowest BCUT2D eigenvalue weighted by Crippen LogP contribution is -2.40. The van der Waals surface area contributed by atoms with Gasteiger partial charge < -0.3 is 19.3 Å². The Kier molecular flexibility index (Phi) is 4.28. The fourth-order valence-corrected chi connectivity index (χ4v) is 3.28. The summed E-state index contributed by atoms with van der Waals surface area (Å²) in [6, 6.07) is 4.64. The number of aromatic hydroxyl groups is 1.